The van der Waals surface area contributed by atoms with E-state index >= 15 is 0 Å². The van der Waals surface area contributed by atoms with Gasteiger partial charge in [-0.05, 0) is 32.9 Å². The third kappa shape index (κ3) is 16.4. The number of hydrogen-bond donors (Lipinski definition) is 0. The molecular formula is C36H36F20N4Si4U. The van der Waals surface area contributed by atoms with Crippen LogP contribution in [0.25, 0.3) is 19.9 Å². The maximum absolute atomic E-state index is 13.1. The van der Waals surface area contributed by atoms with Gasteiger partial charge in [0.2, 0.25) is 0 Å². The van der Waals surface area contributed by atoms with Gasteiger partial charge in [-0.15, -0.1) is 0 Å². The third-order valence-electron chi connectivity index (χ3n) is 6.54. The molecule has 0 aromatic heterocycles. The Hall–Kier alpha value is -3.40. The molecule has 0 aliphatic carbocycles. The van der Waals surface area contributed by atoms with Crippen molar-refractivity contribution < 1.29 is 119 Å². The largest absolute Gasteiger partial charge is 4.00 e. The molecule has 4 rings (SSSR count). The Morgan fingerprint density at radius 1 is 0.185 bits per heavy atom. The Bertz CT molecular complexity index is 1920. The van der Waals surface area contributed by atoms with E-state index in [1.807, 2.05) is 0 Å². The summed E-state index contributed by atoms with van der Waals surface area (Å²) in [6, 6.07) is 0. The van der Waals surface area contributed by atoms with Crippen LogP contribution < -0.4 is 0 Å². The van der Waals surface area contributed by atoms with Crippen LogP contribution >= 0.6 is 0 Å². The van der Waals surface area contributed by atoms with Crippen LogP contribution in [0.5, 0.6) is 0 Å². The monoisotopic (exact) mass is 1250 g/mol. The molecule has 29 heteroatoms. The standard InChI is InChI=1S/4C9H9F5NSi.U/c4*1-16(2,3)15-9-7(13)5(11)4(10)6(12)8(9)14;/h4*1-3H3;/q4*-1;+4. The molecule has 0 spiro atoms. The van der Waals surface area contributed by atoms with Crippen molar-refractivity contribution in [2.75, 3.05) is 0 Å². The van der Waals surface area contributed by atoms with E-state index in [1.54, 1.807) is 78.6 Å². The maximum atomic E-state index is 13.1. The van der Waals surface area contributed by atoms with Gasteiger partial charge in [-0.25, -0.2) is 87.8 Å². The zero-order valence-corrected chi connectivity index (χ0v) is 44.0. The second kappa shape index (κ2) is 23.1. The molecule has 0 fully saturated rings. The molecule has 4 aromatic rings. The molecular weight excluding hydrogens is 1220 g/mol. The fourth-order valence-electron chi connectivity index (χ4n) is 4.11. The molecule has 0 heterocycles. The molecule has 0 saturated carbocycles. The summed E-state index contributed by atoms with van der Waals surface area (Å²) in [6.45, 7) is 19.4. The quantitative estimate of drug-likeness (QED) is 0.0731. The van der Waals surface area contributed by atoms with E-state index in [0.717, 1.165) is 0 Å². The van der Waals surface area contributed by atoms with Gasteiger partial charge >= 0.3 is 31.1 Å². The molecule has 0 aliphatic rings. The number of hydrogen-bond acceptors (Lipinski definition) is 0. The van der Waals surface area contributed by atoms with Crippen LogP contribution in [0.1, 0.15) is 0 Å². The van der Waals surface area contributed by atoms with Crippen molar-refractivity contribution in [3.05, 3.63) is 136 Å². The van der Waals surface area contributed by atoms with E-state index in [-0.39, 0.29) is 31.1 Å². The van der Waals surface area contributed by atoms with E-state index in [4.69, 9.17) is 0 Å². The molecule has 0 aliphatic heterocycles. The number of benzene rings is 4. The zero-order valence-electron chi connectivity index (χ0n) is 35.8. The molecule has 0 saturated heterocycles. The van der Waals surface area contributed by atoms with Crippen molar-refractivity contribution in [1.82, 2.24) is 0 Å². The van der Waals surface area contributed by atoms with Crippen LogP contribution in [-0.4, -0.2) is 32.9 Å². The molecule has 0 amide bonds. The predicted molar refractivity (Wildman–Crippen MR) is 210 cm³/mol. The fourth-order valence-corrected chi connectivity index (χ4v) is 7.58. The van der Waals surface area contributed by atoms with Gasteiger partial charge in [-0.2, -0.15) is 0 Å². The number of rotatable bonds is 8. The molecule has 0 unspecified atom stereocenters. The van der Waals surface area contributed by atoms with E-state index in [9.17, 15) is 87.8 Å². The van der Waals surface area contributed by atoms with E-state index in [2.05, 4.69) is 19.9 Å². The minimum absolute atomic E-state index is 0. The minimum atomic E-state index is -2.33. The molecule has 0 bridgehead atoms. The first-order valence-electron chi connectivity index (χ1n) is 17.6. The summed E-state index contributed by atoms with van der Waals surface area (Å²) in [5, 5.41) is 0. The first-order chi connectivity index (χ1) is 28.6. The summed E-state index contributed by atoms with van der Waals surface area (Å²) in [7, 11) is -9.34. The van der Waals surface area contributed by atoms with Crippen LogP contribution in [-0.2, 0) is 0 Å². The van der Waals surface area contributed by atoms with Crippen molar-refractivity contribution in [3.63, 3.8) is 0 Å². The van der Waals surface area contributed by atoms with E-state index < -0.39 is 172 Å². The van der Waals surface area contributed by atoms with Gasteiger partial charge in [0.15, 0.2) is 69.8 Å². The SMILES string of the molecule is C[Si](C)(C)[N-]c1c(F)c(F)c(F)c(F)c1F.C[Si](C)(C)[N-]c1c(F)c(F)c(F)c(F)c1F.C[Si](C)(C)[N-]c1c(F)c(F)c(F)c(F)c1F.C[Si](C)(C)[N-]c1c(F)c(F)c(F)c(F)c1F.[U+4]. The summed E-state index contributed by atoms with van der Waals surface area (Å²) in [4.78, 5) is 14.4. The van der Waals surface area contributed by atoms with Gasteiger partial charge in [-0.1, -0.05) is 101 Å². The second-order valence-electron chi connectivity index (χ2n) is 16.8. The molecule has 360 valence electrons. The molecule has 4 aromatic carbocycles. The summed E-state index contributed by atoms with van der Waals surface area (Å²) in [5.41, 5.74) is -4.29. The maximum Gasteiger partial charge on any atom is 4.00 e. The predicted octanol–water partition coefficient (Wildman–Crippen LogP) is 16.9. The van der Waals surface area contributed by atoms with Crippen molar-refractivity contribution in [1.29, 1.82) is 0 Å². The normalized spacial score (nSPS) is 11.6. The summed E-state index contributed by atoms with van der Waals surface area (Å²) in [6.07, 6.45) is 0. The Kier molecular flexibility index (Phi) is 21.9. The smallest absolute Gasteiger partial charge is 0.682 e. The summed E-state index contributed by atoms with van der Waals surface area (Å²) in [5.74, 6) is -39.4. The van der Waals surface area contributed by atoms with E-state index in [1.165, 1.54) is 0 Å². The Balaban J connectivity index is 0.000000836. The zero-order chi connectivity index (χ0) is 50.7. The van der Waals surface area contributed by atoms with Crippen molar-refractivity contribution >= 4 is 55.7 Å². The Morgan fingerprint density at radius 2 is 0.262 bits per heavy atom. The molecule has 0 radical (unpaired) electrons. The van der Waals surface area contributed by atoms with Gasteiger partial charge in [0.05, 0.1) is 0 Å². The van der Waals surface area contributed by atoms with Gasteiger partial charge in [0, 0.05) is 0 Å². The molecule has 4 nitrogen and oxygen atoms in total. The summed E-state index contributed by atoms with van der Waals surface area (Å²) >= 11 is 0. The van der Waals surface area contributed by atoms with Crippen LogP contribution in [0.2, 0.25) is 78.6 Å². The number of halogens is 20. The Labute approximate surface area is 387 Å². The average Bonchev–Trinajstić information content (AvgIpc) is 3.17. The summed E-state index contributed by atoms with van der Waals surface area (Å²) < 4.78 is 258. The van der Waals surface area contributed by atoms with Gasteiger partial charge in [0.25, 0.3) is 0 Å². The fraction of sp³-hybridized carbons (Fsp3) is 0.333. The average molecular weight is 1260 g/mol. The van der Waals surface area contributed by atoms with Crippen LogP contribution in [0.15, 0.2) is 0 Å². The topological polar surface area (TPSA) is 56.4 Å². The third-order valence-corrected chi connectivity index (χ3v) is 10.1. The van der Waals surface area contributed by atoms with Gasteiger partial charge in [0.1, 0.15) is 46.5 Å². The van der Waals surface area contributed by atoms with Crippen molar-refractivity contribution in [3.8, 4) is 0 Å². The first kappa shape index (κ1) is 61.6. The van der Waals surface area contributed by atoms with Crippen molar-refractivity contribution in [2.45, 2.75) is 78.6 Å². The van der Waals surface area contributed by atoms with Gasteiger partial charge < -0.3 is 19.9 Å². The second-order valence-corrected chi connectivity index (χ2v) is 35.1. The number of nitrogens with zero attached hydrogens (tertiary/aromatic N) is 4. The molecule has 65 heavy (non-hydrogen) atoms. The molecule has 0 N–H and O–H groups in total. The van der Waals surface area contributed by atoms with E-state index in [0.29, 0.717) is 0 Å². The minimum Gasteiger partial charge on any atom is -0.682 e. The van der Waals surface area contributed by atoms with Crippen molar-refractivity contribution in [2.24, 2.45) is 0 Å². The first-order valence-corrected chi connectivity index (χ1v) is 31.4. The Morgan fingerprint density at radius 3 is 0.338 bits per heavy atom. The van der Waals surface area contributed by atoms with Crippen LogP contribution in [0.3, 0.4) is 0 Å². The molecule has 0 atom stereocenters. The van der Waals surface area contributed by atoms with Crippen LogP contribution in [0, 0.1) is 147 Å². The van der Waals surface area contributed by atoms with Crippen LogP contribution in [0.4, 0.5) is 111 Å². The van der Waals surface area contributed by atoms with Gasteiger partial charge in [-0.3, -0.25) is 0 Å².